The van der Waals surface area contributed by atoms with Crippen molar-refractivity contribution in [2.45, 2.75) is 20.8 Å². The Morgan fingerprint density at radius 3 is 2.62 bits per heavy atom. The maximum Gasteiger partial charge on any atom is 0.199 e. The molecule has 0 amide bonds. The zero-order valence-corrected chi connectivity index (χ0v) is 16.3. The smallest absolute Gasteiger partial charge is 0.199 e. The third-order valence-electron chi connectivity index (χ3n) is 4.52. The van der Waals surface area contributed by atoms with Crippen molar-refractivity contribution in [1.29, 1.82) is 0 Å². The lowest BCUT2D eigenvalue weighted by Crippen LogP contribution is -2.45. The van der Waals surface area contributed by atoms with Crippen molar-refractivity contribution in [1.82, 2.24) is 9.97 Å². The van der Waals surface area contributed by atoms with Crippen molar-refractivity contribution >= 4 is 39.7 Å². The maximum absolute atomic E-state index is 12.9. The van der Waals surface area contributed by atoms with E-state index in [0.29, 0.717) is 17.3 Å². The maximum atomic E-state index is 12.9. The number of thiazole rings is 1. The quantitative estimate of drug-likeness (QED) is 0.336. The Hall–Kier alpha value is -2.54. The summed E-state index contributed by atoms with van der Waals surface area (Å²) in [4.78, 5) is 37.6. The zero-order chi connectivity index (χ0) is 19.0. The number of nitrogens with zero attached hydrogens (tertiary/aromatic N) is 4. The van der Waals surface area contributed by atoms with Crippen LogP contribution >= 0.6 is 11.3 Å². The number of ketones is 2. The van der Waals surface area contributed by atoms with E-state index in [2.05, 4.69) is 23.4 Å². The molecule has 6 nitrogen and oxygen atoms in total. The van der Waals surface area contributed by atoms with Gasteiger partial charge in [0, 0.05) is 31.7 Å². The van der Waals surface area contributed by atoms with E-state index >= 15 is 0 Å². The van der Waals surface area contributed by atoms with Gasteiger partial charge in [0.05, 0.1) is 11.1 Å². The summed E-state index contributed by atoms with van der Waals surface area (Å²) in [5.74, 6) is 1.25. The lowest BCUT2D eigenvalue weighted by Gasteiger charge is -2.39. The number of hydrogen-bond donors (Lipinski definition) is 0. The minimum absolute atomic E-state index is 0.0333. The van der Waals surface area contributed by atoms with Crippen LogP contribution in [0.25, 0.3) is 0 Å². The Kier molecular flexibility index (Phi) is 4.91. The van der Waals surface area contributed by atoms with Crippen LogP contribution in [0.1, 0.15) is 29.8 Å². The third kappa shape index (κ3) is 3.26. The Morgan fingerprint density at radius 1 is 1.38 bits per heavy atom. The Labute approximate surface area is 157 Å². The standard InChI is InChI=1S/C19H22N4O2S/c1-11-9-23(10-11)15-8-12(2)16(17(25)13(3)14(4)24)18(21-15)22(5)19-20-6-7-26-19/h6-8,11H,3,9-10H2,1-2,4-5H3. The summed E-state index contributed by atoms with van der Waals surface area (Å²) >= 11 is 1.46. The Balaban J connectivity index is 2.11. The van der Waals surface area contributed by atoms with Gasteiger partial charge in [0.15, 0.2) is 16.7 Å². The van der Waals surface area contributed by atoms with E-state index < -0.39 is 0 Å². The van der Waals surface area contributed by atoms with Crippen molar-refractivity contribution in [2.24, 2.45) is 5.92 Å². The summed E-state index contributed by atoms with van der Waals surface area (Å²) in [6.07, 6.45) is 1.71. The molecule has 0 N–H and O–H groups in total. The average Bonchev–Trinajstić information content (AvgIpc) is 3.10. The van der Waals surface area contributed by atoms with Crippen LogP contribution in [0, 0.1) is 12.8 Å². The number of carbonyl (C=O) groups excluding carboxylic acids is 2. The van der Waals surface area contributed by atoms with Gasteiger partial charge >= 0.3 is 0 Å². The first kappa shape index (κ1) is 18.3. The molecule has 0 unspecified atom stereocenters. The second-order valence-corrected chi connectivity index (χ2v) is 7.62. The predicted molar refractivity (Wildman–Crippen MR) is 105 cm³/mol. The number of anilines is 3. The van der Waals surface area contributed by atoms with Crippen molar-refractivity contribution in [3.63, 3.8) is 0 Å². The first-order chi connectivity index (χ1) is 12.3. The molecule has 0 atom stereocenters. The van der Waals surface area contributed by atoms with E-state index in [4.69, 9.17) is 4.98 Å². The van der Waals surface area contributed by atoms with E-state index in [1.165, 1.54) is 18.3 Å². The monoisotopic (exact) mass is 370 g/mol. The molecule has 1 aliphatic heterocycles. The molecule has 0 radical (unpaired) electrons. The Morgan fingerprint density at radius 2 is 2.08 bits per heavy atom. The number of carbonyl (C=O) groups is 2. The number of allylic oxidation sites excluding steroid dienone is 1. The fraction of sp³-hybridized carbons (Fsp3) is 0.368. The minimum Gasteiger partial charge on any atom is -0.356 e. The largest absolute Gasteiger partial charge is 0.356 e. The van der Waals surface area contributed by atoms with Gasteiger partial charge in [-0.3, -0.25) is 9.59 Å². The van der Waals surface area contributed by atoms with Gasteiger partial charge in [-0.2, -0.15) is 0 Å². The van der Waals surface area contributed by atoms with Crippen LogP contribution < -0.4 is 9.80 Å². The van der Waals surface area contributed by atoms with Crippen LogP contribution in [0.2, 0.25) is 0 Å². The highest BCUT2D eigenvalue weighted by Gasteiger charge is 2.29. The number of rotatable bonds is 6. The number of Topliss-reactive ketones (excluding diaryl/α,β-unsaturated/α-hetero) is 2. The topological polar surface area (TPSA) is 66.4 Å². The number of aryl methyl sites for hydroxylation is 1. The van der Waals surface area contributed by atoms with Crippen LogP contribution in [-0.2, 0) is 4.79 Å². The Bertz CT molecular complexity index is 870. The lowest BCUT2D eigenvalue weighted by atomic mass is 9.97. The molecule has 2 aromatic rings. The summed E-state index contributed by atoms with van der Waals surface area (Å²) in [7, 11) is 1.83. The number of hydrogen-bond acceptors (Lipinski definition) is 7. The predicted octanol–water partition coefficient (Wildman–Crippen LogP) is 3.40. The van der Waals surface area contributed by atoms with Gasteiger partial charge < -0.3 is 9.80 Å². The number of aromatic nitrogens is 2. The SMILES string of the molecule is C=C(C(C)=O)C(=O)c1c(C)cc(N2CC(C)C2)nc1N(C)c1nccs1. The first-order valence-corrected chi connectivity index (χ1v) is 9.32. The molecule has 1 fully saturated rings. The lowest BCUT2D eigenvalue weighted by molar-refractivity contribution is -0.113. The van der Waals surface area contributed by atoms with Gasteiger partial charge in [-0.25, -0.2) is 9.97 Å². The minimum atomic E-state index is -0.385. The van der Waals surface area contributed by atoms with Crippen molar-refractivity contribution in [3.8, 4) is 0 Å². The van der Waals surface area contributed by atoms with Crippen molar-refractivity contribution < 1.29 is 9.59 Å². The van der Waals surface area contributed by atoms with Gasteiger partial charge in [0.2, 0.25) is 0 Å². The summed E-state index contributed by atoms with van der Waals surface area (Å²) in [6.45, 7) is 11.0. The van der Waals surface area contributed by atoms with Gasteiger partial charge in [-0.15, -0.1) is 11.3 Å². The average molecular weight is 370 g/mol. The molecule has 1 aliphatic rings. The van der Waals surface area contributed by atoms with E-state index in [-0.39, 0.29) is 17.1 Å². The molecule has 0 saturated carbocycles. The molecular formula is C19H22N4O2S. The molecule has 1 saturated heterocycles. The summed E-state index contributed by atoms with van der Waals surface area (Å²) in [5.41, 5.74) is 1.15. The van der Waals surface area contributed by atoms with Crippen molar-refractivity contribution in [2.75, 3.05) is 29.9 Å². The third-order valence-corrected chi connectivity index (χ3v) is 5.37. The first-order valence-electron chi connectivity index (χ1n) is 8.44. The van der Waals surface area contributed by atoms with E-state index in [0.717, 1.165) is 29.6 Å². The summed E-state index contributed by atoms with van der Waals surface area (Å²) in [6, 6.07) is 1.91. The molecule has 136 valence electrons. The van der Waals surface area contributed by atoms with Crippen LogP contribution in [0.3, 0.4) is 0 Å². The van der Waals surface area contributed by atoms with E-state index in [9.17, 15) is 9.59 Å². The van der Waals surface area contributed by atoms with Crippen LogP contribution in [-0.4, -0.2) is 41.7 Å². The second-order valence-electron chi connectivity index (χ2n) is 6.74. The highest BCUT2D eigenvalue weighted by atomic mass is 32.1. The highest BCUT2D eigenvalue weighted by Crippen LogP contribution is 2.34. The molecule has 0 aromatic carbocycles. The molecule has 3 heterocycles. The second kappa shape index (κ2) is 6.99. The molecule has 2 aromatic heterocycles. The van der Waals surface area contributed by atoms with Gasteiger partial charge in [-0.05, 0) is 31.4 Å². The van der Waals surface area contributed by atoms with Gasteiger partial charge in [0.25, 0.3) is 0 Å². The molecule has 3 rings (SSSR count). The molecule has 0 bridgehead atoms. The molecule has 7 heteroatoms. The van der Waals surface area contributed by atoms with Gasteiger partial charge in [-0.1, -0.05) is 13.5 Å². The van der Waals surface area contributed by atoms with Crippen LogP contribution in [0.15, 0.2) is 29.8 Å². The fourth-order valence-electron chi connectivity index (χ4n) is 2.99. The van der Waals surface area contributed by atoms with Crippen LogP contribution in [0.4, 0.5) is 16.8 Å². The summed E-state index contributed by atoms with van der Waals surface area (Å²) < 4.78 is 0. The van der Waals surface area contributed by atoms with E-state index in [1.807, 2.05) is 25.4 Å². The fourth-order valence-corrected chi connectivity index (χ4v) is 3.60. The number of pyridine rings is 1. The van der Waals surface area contributed by atoms with Crippen molar-refractivity contribution in [3.05, 3.63) is 40.9 Å². The van der Waals surface area contributed by atoms with Gasteiger partial charge in [0.1, 0.15) is 11.6 Å². The van der Waals surface area contributed by atoms with Crippen LogP contribution in [0.5, 0.6) is 0 Å². The summed E-state index contributed by atoms with van der Waals surface area (Å²) in [5, 5.41) is 2.60. The molecule has 0 spiro atoms. The van der Waals surface area contributed by atoms with E-state index in [1.54, 1.807) is 11.1 Å². The molecule has 0 aliphatic carbocycles. The molecule has 26 heavy (non-hydrogen) atoms. The highest BCUT2D eigenvalue weighted by molar-refractivity contribution is 7.13. The molecular weight excluding hydrogens is 348 g/mol. The normalized spacial score (nSPS) is 14.1. The zero-order valence-electron chi connectivity index (χ0n) is 15.4.